The lowest BCUT2D eigenvalue weighted by atomic mass is 10.0. The SMILES string of the molecule is Cc1ccc(S(=O)(=O)N(C)c2ccc(C(=O)Nc3c(C)cc(C)cc3C)cc2C)cc1. The number of hydrogen-bond donors (Lipinski definition) is 1. The predicted octanol–water partition coefficient (Wildman–Crippen LogP) is 5.31. The van der Waals surface area contributed by atoms with Gasteiger partial charge in [0.2, 0.25) is 0 Å². The van der Waals surface area contributed by atoms with E-state index in [0.29, 0.717) is 16.8 Å². The maximum absolute atomic E-state index is 13.0. The maximum atomic E-state index is 13.0. The van der Waals surface area contributed by atoms with Crippen LogP contribution >= 0.6 is 0 Å². The van der Waals surface area contributed by atoms with Crippen LogP contribution in [0.1, 0.15) is 38.2 Å². The van der Waals surface area contributed by atoms with Crippen molar-refractivity contribution in [1.29, 1.82) is 0 Å². The molecule has 0 fully saturated rings. The Kier molecular flexibility index (Phi) is 6.23. The summed E-state index contributed by atoms with van der Waals surface area (Å²) in [6, 6.07) is 15.8. The average Bonchev–Trinajstić information content (AvgIpc) is 2.70. The normalized spacial score (nSPS) is 11.3. The molecule has 6 heteroatoms. The van der Waals surface area contributed by atoms with Crippen molar-refractivity contribution < 1.29 is 13.2 Å². The van der Waals surface area contributed by atoms with E-state index in [1.54, 1.807) is 49.4 Å². The largest absolute Gasteiger partial charge is 0.322 e. The molecule has 0 saturated heterocycles. The van der Waals surface area contributed by atoms with Gasteiger partial charge in [0.15, 0.2) is 0 Å². The molecule has 1 N–H and O–H groups in total. The lowest BCUT2D eigenvalue weighted by molar-refractivity contribution is 0.102. The zero-order valence-electron chi connectivity index (χ0n) is 18.8. The van der Waals surface area contributed by atoms with Gasteiger partial charge in [-0.1, -0.05) is 35.4 Å². The van der Waals surface area contributed by atoms with Crippen molar-refractivity contribution in [2.45, 2.75) is 39.5 Å². The predicted molar refractivity (Wildman–Crippen MR) is 127 cm³/mol. The Morgan fingerprint density at radius 3 is 1.90 bits per heavy atom. The van der Waals surface area contributed by atoms with Gasteiger partial charge in [-0.05, 0) is 81.6 Å². The average molecular weight is 437 g/mol. The molecule has 0 heterocycles. The van der Waals surface area contributed by atoms with Crippen LogP contribution in [0, 0.1) is 34.6 Å². The first-order valence-corrected chi connectivity index (χ1v) is 11.5. The molecule has 0 aromatic heterocycles. The lowest BCUT2D eigenvalue weighted by Crippen LogP contribution is -2.27. The van der Waals surface area contributed by atoms with E-state index in [0.717, 1.165) is 27.9 Å². The van der Waals surface area contributed by atoms with E-state index in [1.807, 2.05) is 39.8 Å². The second-order valence-corrected chi connectivity index (χ2v) is 9.98. The number of carbonyl (C=O) groups is 1. The second kappa shape index (κ2) is 8.55. The number of benzene rings is 3. The van der Waals surface area contributed by atoms with Crippen LogP contribution in [-0.4, -0.2) is 21.4 Å². The van der Waals surface area contributed by atoms with E-state index in [-0.39, 0.29) is 10.8 Å². The Hall–Kier alpha value is -3.12. The minimum absolute atomic E-state index is 0.228. The molecule has 0 bridgehead atoms. The van der Waals surface area contributed by atoms with Gasteiger partial charge < -0.3 is 5.32 Å². The number of nitrogens with one attached hydrogen (secondary N) is 1. The van der Waals surface area contributed by atoms with Crippen LogP contribution in [0.4, 0.5) is 11.4 Å². The summed E-state index contributed by atoms with van der Waals surface area (Å²) in [6.45, 7) is 9.67. The van der Waals surface area contributed by atoms with Gasteiger partial charge in [0.25, 0.3) is 15.9 Å². The molecule has 0 aliphatic heterocycles. The number of carbonyl (C=O) groups excluding carboxylic acids is 1. The van der Waals surface area contributed by atoms with E-state index < -0.39 is 10.0 Å². The molecule has 1 amide bonds. The fourth-order valence-electron chi connectivity index (χ4n) is 3.71. The van der Waals surface area contributed by atoms with Crippen LogP contribution in [-0.2, 0) is 10.0 Å². The van der Waals surface area contributed by atoms with Gasteiger partial charge in [0.05, 0.1) is 10.6 Å². The van der Waals surface area contributed by atoms with Gasteiger partial charge in [0.1, 0.15) is 0 Å². The molecule has 0 spiro atoms. The van der Waals surface area contributed by atoms with E-state index in [1.165, 1.54) is 11.4 Å². The highest BCUT2D eigenvalue weighted by Gasteiger charge is 2.23. The van der Waals surface area contributed by atoms with Crippen LogP contribution in [0.5, 0.6) is 0 Å². The smallest absolute Gasteiger partial charge is 0.264 e. The standard InChI is InChI=1S/C25H28N2O3S/c1-16-7-10-22(11-8-16)31(29,30)27(6)23-12-9-21(15-18(23)3)25(28)26-24-19(4)13-17(2)14-20(24)5/h7-15H,1-6H3,(H,26,28). The number of rotatable bonds is 5. The highest BCUT2D eigenvalue weighted by atomic mass is 32.2. The van der Waals surface area contributed by atoms with Crippen molar-refractivity contribution >= 4 is 27.3 Å². The van der Waals surface area contributed by atoms with Gasteiger partial charge in [-0.15, -0.1) is 0 Å². The Morgan fingerprint density at radius 2 is 1.35 bits per heavy atom. The van der Waals surface area contributed by atoms with Crippen molar-refractivity contribution in [2.24, 2.45) is 0 Å². The summed E-state index contributed by atoms with van der Waals surface area (Å²) in [5, 5.41) is 2.99. The quantitative estimate of drug-likeness (QED) is 0.590. The lowest BCUT2D eigenvalue weighted by Gasteiger charge is -2.22. The number of hydrogen-bond acceptors (Lipinski definition) is 3. The molecule has 0 saturated carbocycles. The number of nitrogens with zero attached hydrogens (tertiary/aromatic N) is 1. The third kappa shape index (κ3) is 4.64. The van der Waals surface area contributed by atoms with Gasteiger partial charge in [-0.2, -0.15) is 0 Å². The molecule has 3 aromatic carbocycles. The van der Waals surface area contributed by atoms with Crippen LogP contribution in [0.25, 0.3) is 0 Å². The van der Waals surface area contributed by atoms with Crippen LogP contribution < -0.4 is 9.62 Å². The highest BCUT2D eigenvalue weighted by Crippen LogP contribution is 2.27. The molecule has 3 aromatic rings. The Bertz CT molecular complexity index is 1220. The molecule has 0 unspecified atom stereocenters. The summed E-state index contributed by atoms with van der Waals surface area (Å²) in [4.78, 5) is 13.1. The van der Waals surface area contributed by atoms with Crippen molar-refractivity contribution in [3.05, 3.63) is 88.0 Å². The van der Waals surface area contributed by atoms with Crippen molar-refractivity contribution in [3.8, 4) is 0 Å². The van der Waals surface area contributed by atoms with E-state index >= 15 is 0 Å². The molecule has 31 heavy (non-hydrogen) atoms. The summed E-state index contributed by atoms with van der Waals surface area (Å²) in [5.74, 6) is -0.228. The van der Waals surface area contributed by atoms with Crippen LogP contribution in [0.15, 0.2) is 59.5 Å². The third-order valence-electron chi connectivity index (χ3n) is 5.39. The first-order valence-electron chi connectivity index (χ1n) is 10.1. The summed E-state index contributed by atoms with van der Waals surface area (Å²) in [6.07, 6.45) is 0. The monoisotopic (exact) mass is 436 g/mol. The fraction of sp³-hybridized carbons (Fsp3) is 0.240. The molecule has 0 radical (unpaired) electrons. The highest BCUT2D eigenvalue weighted by molar-refractivity contribution is 7.92. The summed E-state index contributed by atoms with van der Waals surface area (Å²) in [5.41, 5.74) is 6.64. The van der Waals surface area contributed by atoms with Gasteiger partial charge in [0, 0.05) is 18.3 Å². The van der Waals surface area contributed by atoms with Gasteiger partial charge >= 0.3 is 0 Å². The maximum Gasteiger partial charge on any atom is 0.264 e. The minimum Gasteiger partial charge on any atom is -0.322 e. The summed E-state index contributed by atoms with van der Waals surface area (Å²) >= 11 is 0. The molecular weight excluding hydrogens is 408 g/mol. The molecular formula is C25H28N2O3S. The second-order valence-electron chi connectivity index (χ2n) is 8.01. The number of sulfonamides is 1. The first kappa shape index (κ1) is 22.6. The third-order valence-corrected chi connectivity index (χ3v) is 7.18. The number of aryl methyl sites for hydroxylation is 5. The van der Waals surface area contributed by atoms with Crippen molar-refractivity contribution in [3.63, 3.8) is 0 Å². The topological polar surface area (TPSA) is 66.5 Å². The Labute approximate surface area is 184 Å². The molecule has 0 atom stereocenters. The van der Waals surface area contributed by atoms with Crippen molar-refractivity contribution in [2.75, 3.05) is 16.7 Å². The van der Waals surface area contributed by atoms with E-state index in [4.69, 9.17) is 0 Å². The van der Waals surface area contributed by atoms with Crippen LogP contribution in [0.2, 0.25) is 0 Å². The zero-order valence-corrected chi connectivity index (χ0v) is 19.6. The minimum atomic E-state index is -3.70. The fourth-order valence-corrected chi connectivity index (χ4v) is 4.97. The molecule has 162 valence electrons. The molecule has 5 nitrogen and oxygen atoms in total. The van der Waals surface area contributed by atoms with E-state index in [2.05, 4.69) is 5.32 Å². The number of anilines is 2. The first-order chi connectivity index (χ1) is 14.5. The summed E-state index contributed by atoms with van der Waals surface area (Å²) < 4.78 is 27.3. The Morgan fingerprint density at radius 1 is 0.774 bits per heavy atom. The molecule has 3 rings (SSSR count). The number of amides is 1. The van der Waals surface area contributed by atoms with Gasteiger partial charge in [-0.3, -0.25) is 9.10 Å². The Balaban J connectivity index is 1.87. The molecule has 0 aliphatic carbocycles. The molecule has 0 aliphatic rings. The zero-order chi connectivity index (χ0) is 22.9. The van der Waals surface area contributed by atoms with E-state index in [9.17, 15) is 13.2 Å². The van der Waals surface area contributed by atoms with Gasteiger partial charge in [-0.25, -0.2) is 8.42 Å². The van der Waals surface area contributed by atoms with Crippen molar-refractivity contribution in [1.82, 2.24) is 0 Å². The summed E-state index contributed by atoms with van der Waals surface area (Å²) in [7, 11) is -2.17. The van der Waals surface area contributed by atoms with Crippen LogP contribution in [0.3, 0.4) is 0 Å².